The molecule has 0 bridgehead atoms. The third-order valence-corrected chi connectivity index (χ3v) is 5.51. The number of methoxy groups -OCH3 is 1. The molecule has 1 heterocycles. The molecule has 28 heavy (non-hydrogen) atoms. The van der Waals surface area contributed by atoms with Crippen LogP contribution < -0.4 is 14.8 Å². The summed E-state index contributed by atoms with van der Waals surface area (Å²) < 4.78 is 15.9. The van der Waals surface area contributed by atoms with Crippen LogP contribution in [0.2, 0.25) is 0 Å². The summed E-state index contributed by atoms with van der Waals surface area (Å²) in [6.07, 6.45) is 2.72. The highest BCUT2D eigenvalue weighted by atomic mass is 32.1. The molecule has 7 nitrogen and oxygen atoms in total. The minimum Gasteiger partial charge on any atom is -0.493 e. The van der Waals surface area contributed by atoms with Gasteiger partial charge in [0, 0.05) is 10.9 Å². The standard InChI is InChI=1S/C20H20N2O5S/c1-3-26-20(24)18-13-5-4-6-16(13)28-19(18)22-17(23)11-27-14-8-7-12(10-21)9-15(14)25-2/h7-9H,3-6,11H2,1-2H3,(H,22,23). The monoisotopic (exact) mass is 400 g/mol. The molecule has 0 radical (unpaired) electrons. The molecule has 1 aromatic heterocycles. The van der Waals surface area contributed by atoms with E-state index in [9.17, 15) is 9.59 Å². The smallest absolute Gasteiger partial charge is 0.341 e. The molecule has 0 saturated heterocycles. The molecule has 1 aromatic carbocycles. The molecule has 1 amide bonds. The number of hydrogen-bond acceptors (Lipinski definition) is 7. The van der Waals surface area contributed by atoms with Gasteiger partial charge >= 0.3 is 5.97 Å². The third kappa shape index (κ3) is 4.10. The van der Waals surface area contributed by atoms with E-state index in [1.165, 1.54) is 24.5 Å². The molecule has 1 aliphatic carbocycles. The molecule has 1 N–H and O–H groups in total. The van der Waals surface area contributed by atoms with Gasteiger partial charge in [0.1, 0.15) is 5.00 Å². The summed E-state index contributed by atoms with van der Waals surface area (Å²) in [4.78, 5) is 25.9. The second-order valence-electron chi connectivity index (χ2n) is 6.10. The Kier molecular flexibility index (Phi) is 6.16. The number of aryl methyl sites for hydroxylation is 1. The van der Waals surface area contributed by atoms with Crippen molar-refractivity contribution in [3.63, 3.8) is 0 Å². The maximum absolute atomic E-state index is 12.4. The largest absolute Gasteiger partial charge is 0.493 e. The van der Waals surface area contributed by atoms with Crippen LogP contribution in [-0.4, -0.2) is 32.2 Å². The van der Waals surface area contributed by atoms with Crippen LogP contribution in [0, 0.1) is 11.3 Å². The van der Waals surface area contributed by atoms with Crippen LogP contribution in [0.25, 0.3) is 0 Å². The van der Waals surface area contributed by atoms with Crippen molar-refractivity contribution in [3.8, 4) is 17.6 Å². The van der Waals surface area contributed by atoms with E-state index in [-0.39, 0.29) is 13.2 Å². The minimum absolute atomic E-state index is 0.257. The summed E-state index contributed by atoms with van der Waals surface area (Å²) in [7, 11) is 1.46. The van der Waals surface area contributed by atoms with Gasteiger partial charge in [-0.1, -0.05) is 0 Å². The number of amides is 1. The number of anilines is 1. The molecule has 0 aliphatic heterocycles. The lowest BCUT2D eigenvalue weighted by Crippen LogP contribution is -2.21. The highest BCUT2D eigenvalue weighted by Crippen LogP contribution is 2.39. The van der Waals surface area contributed by atoms with Crippen molar-refractivity contribution < 1.29 is 23.8 Å². The first-order valence-corrected chi connectivity index (χ1v) is 9.71. The van der Waals surface area contributed by atoms with Gasteiger partial charge in [-0.25, -0.2) is 4.79 Å². The van der Waals surface area contributed by atoms with Gasteiger partial charge in [0.25, 0.3) is 5.91 Å². The van der Waals surface area contributed by atoms with Crippen molar-refractivity contribution in [3.05, 3.63) is 39.8 Å². The summed E-state index contributed by atoms with van der Waals surface area (Å²) in [6.45, 7) is 1.77. The Hall–Kier alpha value is -3.05. The Balaban J connectivity index is 1.71. The second kappa shape index (κ2) is 8.76. The van der Waals surface area contributed by atoms with Crippen molar-refractivity contribution in [2.24, 2.45) is 0 Å². The highest BCUT2D eigenvalue weighted by molar-refractivity contribution is 7.17. The van der Waals surface area contributed by atoms with Gasteiger partial charge in [-0.3, -0.25) is 4.79 Å². The zero-order chi connectivity index (χ0) is 20.1. The summed E-state index contributed by atoms with van der Waals surface area (Å²) in [5.41, 5.74) is 1.87. The third-order valence-electron chi connectivity index (χ3n) is 4.31. The number of carbonyl (C=O) groups excluding carboxylic acids is 2. The van der Waals surface area contributed by atoms with Gasteiger partial charge in [0.2, 0.25) is 0 Å². The van der Waals surface area contributed by atoms with Crippen molar-refractivity contribution in [1.82, 2.24) is 0 Å². The first-order valence-electron chi connectivity index (χ1n) is 8.89. The molecule has 146 valence electrons. The van der Waals surface area contributed by atoms with E-state index in [1.54, 1.807) is 19.1 Å². The quantitative estimate of drug-likeness (QED) is 0.716. The molecule has 1 aliphatic rings. The van der Waals surface area contributed by atoms with E-state index in [0.29, 0.717) is 27.6 Å². The molecular formula is C20H20N2O5S. The first-order chi connectivity index (χ1) is 13.6. The number of ether oxygens (including phenoxy) is 3. The van der Waals surface area contributed by atoms with E-state index in [2.05, 4.69) is 5.32 Å². The average molecular weight is 400 g/mol. The number of nitrogens with zero attached hydrogens (tertiary/aromatic N) is 1. The predicted octanol–water partition coefficient (Wildman–Crippen LogP) is 3.31. The van der Waals surface area contributed by atoms with Crippen LogP contribution in [0.1, 0.15) is 39.7 Å². The van der Waals surface area contributed by atoms with Crippen LogP contribution in [0.4, 0.5) is 5.00 Å². The lowest BCUT2D eigenvalue weighted by molar-refractivity contribution is -0.118. The van der Waals surface area contributed by atoms with E-state index >= 15 is 0 Å². The maximum Gasteiger partial charge on any atom is 0.341 e. The van der Waals surface area contributed by atoms with Crippen LogP contribution in [0.3, 0.4) is 0 Å². The van der Waals surface area contributed by atoms with Gasteiger partial charge in [0.05, 0.1) is 30.9 Å². The van der Waals surface area contributed by atoms with Crippen LogP contribution in [-0.2, 0) is 22.4 Å². The van der Waals surface area contributed by atoms with Gasteiger partial charge < -0.3 is 19.5 Å². The van der Waals surface area contributed by atoms with E-state index in [4.69, 9.17) is 19.5 Å². The molecule has 0 unspecified atom stereocenters. The van der Waals surface area contributed by atoms with Crippen molar-refractivity contribution in [1.29, 1.82) is 5.26 Å². The second-order valence-corrected chi connectivity index (χ2v) is 7.20. The molecule has 0 spiro atoms. The number of benzene rings is 1. The topological polar surface area (TPSA) is 97.6 Å². The summed E-state index contributed by atoms with van der Waals surface area (Å²) in [5, 5.41) is 12.2. The lowest BCUT2D eigenvalue weighted by atomic mass is 10.1. The summed E-state index contributed by atoms with van der Waals surface area (Å²) >= 11 is 1.42. The predicted molar refractivity (Wildman–Crippen MR) is 104 cm³/mol. The van der Waals surface area contributed by atoms with E-state index in [1.807, 2.05) is 6.07 Å². The molecule has 0 atom stereocenters. The number of rotatable bonds is 7. The molecular weight excluding hydrogens is 380 g/mol. The van der Waals surface area contributed by atoms with Crippen molar-refractivity contribution >= 4 is 28.2 Å². The fourth-order valence-electron chi connectivity index (χ4n) is 3.07. The van der Waals surface area contributed by atoms with Gasteiger partial charge in [-0.2, -0.15) is 5.26 Å². The number of nitriles is 1. The molecule has 0 saturated carbocycles. The highest BCUT2D eigenvalue weighted by Gasteiger charge is 2.28. The fourth-order valence-corrected chi connectivity index (χ4v) is 4.37. The van der Waals surface area contributed by atoms with Crippen molar-refractivity contribution in [2.75, 3.05) is 25.6 Å². The minimum atomic E-state index is -0.410. The van der Waals surface area contributed by atoms with Crippen LogP contribution in [0.15, 0.2) is 18.2 Å². The zero-order valence-electron chi connectivity index (χ0n) is 15.7. The SMILES string of the molecule is CCOC(=O)c1c(NC(=O)COc2ccc(C#N)cc2OC)sc2c1CCC2. The van der Waals surface area contributed by atoms with Crippen LogP contribution >= 0.6 is 11.3 Å². The molecule has 2 aromatic rings. The zero-order valence-corrected chi connectivity index (χ0v) is 16.5. The Labute approximate surface area is 166 Å². The number of fused-ring (bicyclic) bond motifs is 1. The van der Waals surface area contributed by atoms with Gasteiger partial charge in [-0.05, 0) is 43.9 Å². The summed E-state index contributed by atoms with van der Waals surface area (Å²) in [6, 6.07) is 6.71. The lowest BCUT2D eigenvalue weighted by Gasteiger charge is -2.11. The van der Waals surface area contributed by atoms with E-state index in [0.717, 1.165) is 29.7 Å². The Morgan fingerprint density at radius 2 is 2.11 bits per heavy atom. The molecule has 8 heteroatoms. The Morgan fingerprint density at radius 3 is 2.82 bits per heavy atom. The first kappa shape index (κ1) is 19.7. The van der Waals surface area contributed by atoms with Crippen molar-refractivity contribution in [2.45, 2.75) is 26.2 Å². The maximum atomic E-state index is 12.4. The van der Waals surface area contributed by atoms with Gasteiger partial charge in [0.15, 0.2) is 18.1 Å². The van der Waals surface area contributed by atoms with Crippen LogP contribution in [0.5, 0.6) is 11.5 Å². The normalized spacial score (nSPS) is 12.0. The number of hydrogen-bond donors (Lipinski definition) is 1. The average Bonchev–Trinajstić information content (AvgIpc) is 3.27. The number of nitrogens with one attached hydrogen (secondary N) is 1. The summed E-state index contributed by atoms with van der Waals surface area (Å²) in [5.74, 6) is -0.0751. The van der Waals surface area contributed by atoms with Gasteiger partial charge in [-0.15, -0.1) is 11.3 Å². The Morgan fingerprint density at radius 1 is 1.29 bits per heavy atom. The van der Waals surface area contributed by atoms with E-state index < -0.39 is 11.9 Å². The fraction of sp³-hybridized carbons (Fsp3) is 0.350. The number of carbonyl (C=O) groups is 2. The molecule has 3 rings (SSSR count). The Bertz CT molecular complexity index is 945. The number of thiophene rings is 1. The number of esters is 1. The molecule has 0 fully saturated rings.